The highest BCUT2D eigenvalue weighted by Crippen LogP contribution is 2.34. The maximum absolute atomic E-state index is 5.50. The maximum Gasteiger partial charge on any atom is 0.0965 e. The average Bonchev–Trinajstić information content (AvgIpc) is 3.09. The molecule has 2 aliphatic rings. The Morgan fingerprint density at radius 3 is 2.77 bits per heavy atom. The minimum atomic E-state index is 0.392. The fourth-order valence-electron chi connectivity index (χ4n) is 3.77. The van der Waals surface area contributed by atoms with Gasteiger partial charge in [-0.25, -0.2) is 4.98 Å². The lowest BCUT2D eigenvalue weighted by Gasteiger charge is -2.47. The largest absolute Gasteiger partial charge is 0.379 e. The first-order chi connectivity index (χ1) is 10.7. The molecule has 1 atom stereocenters. The summed E-state index contributed by atoms with van der Waals surface area (Å²) < 4.78 is 5.50. The van der Waals surface area contributed by atoms with Crippen LogP contribution in [0.25, 0.3) is 0 Å². The van der Waals surface area contributed by atoms with Crippen molar-refractivity contribution in [2.45, 2.75) is 57.0 Å². The van der Waals surface area contributed by atoms with Crippen LogP contribution in [0.15, 0.2) is 11.6 Å². The first kappa shape index (κ1) is 16.4. The van der Waals surface area contributed by atoms with Crippen LogP contribution in [0, 0.1) is 0 Å². The topological polar surface area (TPSA) is 37.4 Å². The molecule has 0 spiro atoms. The van der Waals surface area contributed by atoms with Gasteiger partial charge in [-0.1, -0.05) is 6.92 Å². The molecule has 1 saturated heterocycles. The van der Waals surface area contributed by atoms with Gasteiger partial charge in [0.25, 0.3) is 0 Å². The summed E-state index contributed by atoms with van der Waals surface area (Å²) in [5.74, 6) is 0.521. The number of morpholine rings is 1. The Hall–Kier alpha value is -0.490. The van der Waals surface area contributed by atoms with Crippen molar-refractivity contribution in [2.75, 3.05) is 32.8 Å². The molecule has 0 radical (unpaired) electrons. The number of nitrogens with zero attached hydrogens (tertiary/aromatic N) is 2. The Bertz CT molecular complexity index is 437. The van der Waals surface area contributed by atoms with Crippen molar-refractivity contribution >= 4 is 11.3 Å². The summed E-state index contributed by atoms with van der Waals surface area (Å²) in [5, 5.41) is 7.09. The lowest BCUT2D eigenvalue weighted by molar-refractivity contribution is -0.0324. The molecule has 1 aromatic heterocycles. The first-order valence-corrected chi connectivity index (χ1v) is 9.51. The minimum Gasteiger partial charge on any atom is -0.379 e. The van der Waals surface area contributed by atoms with E-state index >= 15 is 0 Å². The number of hydrogen-bond donors (Lipinski definition) is 1. The molecule has 124 valence electrons. The van der Waals surface area contributed by atoms with E-state index < -0.39 is 0 Å². The molecule has 0 bridgehead atoms. The molecule has 1 aliphatic carbocycles. The molecule has 1 aromatic rings. The van der Waals surface area contributed by atoms with Gasteiger partial charge in [-0.15, -0.1) is 11.3 Å². The Balaban J connectivity index is 1.43. The van der Waals surface area contributed by atoms with Crippen molar-refractivity contribution in [3.8, 4) is 0 Å². The van der Waals surface area contributed by atoms with Gasteiger partial charge in [0, 0.05) is 48.7 Å². The van der Waals surface area contributed by atoms with Gasteiger partial charge in [-0.2, -0.15) is 0 Å². The Morgan fingerprint density at radius 2 is 2.14 bits per heavy atom. The van der Waals surface area contributed by atoms with Crippen molar-refractivity contribution in [3.63, 3.8) is 0 Å². The lowest BCUT2D eigenvalue weighted by Crippen LogP contribution is -2.54. The summed E-state index contributed by atoms with van der Waals surface area (Å²) in [4.78, 5) is 7.08. The third-order valence-electron chi connectivity index (χ3n) is 5.42. The summed E-state index contributed by atoms with van der Waals surface area (Å²) in [5.41, 5.74) is 0.392. The molecule has 22 heavy (non-hydrogen) atoms. The minimum absolute atomic E-state index is 0.392. The van der Waals surface area contributed by atoms with Gasteiger partial charge in [0.1, 0.15) is 0 Å². The second-order valence-electron chi connectivity index (χ2n) is 7.05. The lowest BCUT2D eigenvalue weighted by atomic mass is 9.79. The van der Waals surface area contributed by atoms with Crippen LogP contribution in [0.3, 0.4) is 0 Å². The highest BCUT2D eigenvalue weighted by molar-refractivity contribution is 7.09. The van der Waals surface area contributed by atoms with E-state index in [2.05, 4.69) is 34.4 Å². The molecular weight excluding hydrogens is 294 g/mol. The fourth-order valence-corrected chi connectivity index (χ4v) is 4.47. The van der Waals surface area contributed by atoms with Gasteiger partial charge in [-0.05, 0) is 32.6 Å². The second-order valence-corrected chi connectivity index (χ2v) is 7.98. The zero-order chi connectivity index (χ0) is 15.4. The second kappa shape index (κ2) is 7.39. The fraction of sp³-hybridized carbons (Fsp3) is 0.824. The summed E-state index contributed by atoms with van der Waals surface area (Å²) in [6, 6.07) is 0.677. The van der Waals surface area contributed by atoms with Gasteiger partial charge < -0.3 is 10.1 Å². The van der Waals surface area contributed by atoms with E-state index in [0.29, 0.717) is 17.5 Å². The molecule has 2 heterocycles. The van der Waals surface area contributed by atoms with E-state index in [1.165, 1.54) is 30.7 Å². The highest BCUT2D eigenvalue weighted by atomic mass is 32.1. The number of thiazole rings is 1. The third-order valence-corrected chi connectivity index (χ3v) is 6.43. The van der Waals surface area contributed by atoms with Gasteiger partial charge in [-0.3, -0.25) is 4.90 Å². The van der Waals surface area contributed by atoms with Crippen LogP contribution in [-0.2, 0) is 4.74 Å². The van der Waals surface area contributed by atoms with E-state index in [9.17, 15) is 0 Å². The number of nitrogens with one attached hydrogen (secondary N) is 1. The first-order valence-electron chi connectivity index (χ1n) is 8.63. The molecule has 1 N–H and O–H groups in total. The summed E-state index contributed by atoms with van der Waals surface area (Å²) in [6.07, 6.45) is 7.09. The molecule has 3 rings (SSSR count). The SMILES string of the molecule is CC(CNC1CCC(C)(N2CCOCC2)CC1)c1nccs1. The predicted octanol–water partition coefficient (Wildman–Crippen LogP) is 2.87. The van der Waals surface area contributed by atoms with Crippen LogP contribution in [0.5, 0.6) is 0 Å². The summed E-state index contributed by atoms with van der Waals surface area (Å²) in [7, 11) is 0. The monoisotopic (exact) mass is 323 g/mol. The Morgan fingerprint density at radius 1 is 1.41 bits per heavy atom. The van der Waals surface area contributed by atoms with Gasteiger partial charge in [0.15, 0.2) is 0 Å². The van der Waals surface area contributed by atoms with Crippen LogP contribution in [0.4, 0.5) is 0 Å². The van der Waals surface area contributed by atoms with Gasteiger partial charge in [0.05, 0.1) is 18.2 Å². The Labute approximate surface area is 138 Å². The van der Waals surface area contributed by atoms with Crippen molar-refractivity contribution < 1.29 is 4.74 Å². The molecule has 1 aliphatic heterocycles. The molecule has 1 saturated carbocycles. The molecule has 0 aromatic carbocycles. The van der Waals surface area contributed by atoms with Crippen molar-refractivity contribution in [2.24, 2.45) is 0 Å². The predicted molar refractivity (Wildman–Crippen MR) is 91.6 cm³/mol. The zero-order valence-corrected chi connectivity index (χ0v) is 14.7. The molecule has 0 amide bonds. The zero-order valence-electron chi connectivity index (χ0n) is 13.9. The van der Waals surface area contributed by atoms with Gasteiger partial charge >= 0.3 is 0 Å². The standard InChI is InChI=1S/C17H29N3OS/c1-14(16-18-7-12-22-16)13-19-15-3-5-17(2,6-4-15)20-8-10-21-11-9-20/h7,12,14-15,19H,3-6,8-11,13H2,1-2H3. The average molecular weight is 324 g/mol. The number of ether oxygens (including phenoxy) is 1. The van der Waals surface area contributed by atoms with E-state index in [-0.39, 0.29) is 0 Å². The van der Waals surface area contributed by atoms with E-state index in [4.69, 9.17) is 4.74 Å². The van der Waals surface area contributed by atoms with Crippen LogP contribution < -0.4 is 5.32 Å². The number of hydrogen-bond acceptors (Lipinski definition) is 5. The molecule has 2 fully saturated rings. The number of rotatable bonds is 5. The van der Waals surface area contributed by atoms with Crippen LogP contribution in [0.1, 0.15) is 50.5 Å². The van der Waals surface area contributed by atoms with Crippen LogP contribution >= 0.6 is 11.3 Å². The van der Waals surface area contributed by atoms with E-state index in [1.54, 1.807) is 11.3 Å². The van der Waals surface area contributed by atoms with E-state index in [1.807, 2.05) is 6.20 Å². The number of aromatic nitrogens is 1. The maximum atomic E-state index is 5.50. The summed E-state index contributed by atoms with van der Waals surface area (Å²) >= 11 is 1.77. The highest BCUT2D eigenvalue weighted by Gasteiger charge is 2.36. The quantitative estimate of drug-likeness (QED) is 0.904. The van der Waals surface area contributed by atoms with Crippen LogP contribution in [-0.4, -0.2) is 54.3 Å². The summed E-state index contributed by atoms with van der Waals surface area (Å²) in [6.45, 7) is 9.79. The normalized spacial score (nSPS) is 32.0. The molecule has 4 nitrogen and oxygen atoms in total. The molecule has 5 heteroatoms. The smallest absolute Gasteiger partial charge is 0.0965 e. The van der Waals surface area contributed by atoms with E-state index in [0.717, 1.165) is 32.8 Å². The van der Waals surface area contributed by atoms with Crippen molar-refractivity contribution in [3.05, 3.63) is 16.6 Å². The van der Waals surface area contributed by atoms with Crippen LogP contribution in [0.2, 0.25) is 0 Å². The van der Waals surface area contributed by atoms with Gasteiger partial charge in [0.2, 0.25) is 0 Å². The Kier molecular flexibility index (Phi) is 5.50. The molecule has 1 unspecified atom stereocenters. The third kappa shape index (κ3) is 3.88. The van der Waals surface area contributed by atoms with Crippen molar-refractivity contribution in [1.29, 1.82) is 0 Å². The molecular formula is C17H29N3OS. The van der Waals surface area contributed by atoms with Crippen molar-refractivity contribution in [1.82, 2.24) is 15.2 Å².